The first-order chi connectivity index (χ1) is 12.9. The molecular formula is C21H23NO5. The highest BCUT2D eigenvalue weighted by molar-refractivity contribution is 6.01. The van der Waals surface area contributed by atoms with Gasteiger partial charge in [-0.25, -0.2) is 4.79 Å². The van der Waals surface area contributed by atoms with E-state index in [2.05, 4.69) is 0 Å². The molecule has 0 atom stereocenters. The number of methoxy groups -OCH3 is 1. The van der Waals surface area contributed by atoms with E-state index in [9.17, 15) is 9.59 Å². The van der Waals surface area contributed by atoms with Crippen LogP contribution in [0, 0.1) is 20.8 Å². The molecule has 0 bridgehead atoms. The van der Waals surface area contributed by atoms with E-state index in [1.54, 1.807) is 20.1 Å². The third kappa shape index (κ3) is 3.66. The normalized spacial score (nSPS) is 11.1. The second-order valence-electron chi connectivity index (χ2n) is 6.48. The van der Waals surface area contributed by atoms with Gasteiger partial charge in [-0.3, -0.25) is 4.79 Å². The smallest absolute Gasteiger partial charge is 0.375 e. The van der Waals surface area contributed by atoms with E-state index in [0.29, 0.717) is 29.9 Å². The highest BCUT2D eigenvalue weighted by Crippen LogP contribution is 2.25. The van der Waals surface area contributed by atoms with Crippen LogP contribution in [0.1, 0.15) is 37.9 Å². The molecule has 0 aliphatic rings. The van der Waals surface area contributed by atoms with Crippen molar-refractivity contribution in [1.82, 2.24) is 4.57 Å². The molecule has 0 saturated carbocycles. The molecule has 3 aromatic rings. The number of hydrogen-bond acceptors (Lipinski definition) is 5. The van der Waals surface area contributed by atoms with Gasteiger partial charge < -0.3 is 18.5 Å². The van der Waals surface area contributed by atoms with E-state index in [1.165, 1.54) is 0 Å². The molecule has 0 aliphatic carbocycles. The number of esters is 1. The Morgan fingerprint density at radius 1 is 1.15 bits per heavy atom. The molecule has 0 aliphatic heterocycles. The molecule has 0 saturated heterocycles. The van der Waals surface area contributed by atoms with Gasteiger partial charge in [0.2, 0.25) is 11.5 Å². The molecule has 0 fully saturated rings. The number of aromatic nitrogens is 1. The minimum absolute atomic E-state index is 0.134. The number of nitrogens with zero attached hydrogens (tertiary/aromatic N) is 1. The molecule has 1 aromatic carbocycles. The van der Waals surface area contributed by atoms with Crippen LogP contribution in [-0.2, 0) is 16.0 Å². The van der Waals surface area contributed by atoms with E-state index in [0.717, 1.165) is 16.8 Å². The highest BCUT2D eigenvalue weighted by Gasteiger charge is 2.22. The summed E-state index contributed by atoms with van der Waals surface area (Å²) in [5.41, 5.74) is 3.69. The van der Waals surface area contributed by atoms with Crippen LogP contribution in [0.3, 0.4) is 0 Å². The number of Topliss-reactive ketones (excluding diaryl/α,β-unsaturated/α-hetero) is 1. The third-order valence-corrected chi connectivity index (χ3v) is 4.76. The van der Waals surface area contributed by atoms with E-state index in [4.69, 9.17) is 13.9 Å². The summed E-state index contributed by atoms with van der Waals surface area (Å²) in [4.78, 5) is 24.9. The molecule has 0 spiro atoms. The number of hydrogen-bond donors (Lipinski definition) is 0. The summed E-state index contributed by atoms with van der Waals surface area (Å²) in [6, 6.07) is 9.20. The molecule has 0 radical (unpaired) electrons. The van der Waals surface area contributed by atoms with Gasteiger partial charge in [0.1, 0.15) is 5.58 Å². The van der Waals surface area contributed by atoms with E-state index < -0.39 is 5.97 Å². The molecule has 142 valence electrons. The zero-order chi connectivity index (χ0) is 19.6. The van der Waals surface area contributed by atoms with Crippen LogP contribution in [0.15, 0.2) is 34.7 Å². The molecule has 6 nitrogen and oxygen atoms in total. The molecule has 27 heavy (non-hydrogen) atoms. The SMILES string of the molecule is COCCn1c(C)cc(C(=O)COC(=O)c2oc3ccccc3c2C)c1C. The largest absolute Gasteiger partial charge is 0.451 e. The maximum atomic E-state index is 12.5. The Hall–Kier alpha value is -2.86. The number of aryl methyl sites for hydroxylation is 2. The lowest BCUT2D eigenvalue weighted by molar-refractivity contribution is 0.0445. The maximum absolute atomic E-state index is 12.5. The zero-order valence-electron chi connectivity index (χ0n) is 16.0. The zero-order valence-corrected chi connectivity index (χ0v) is 16.0. The van der Waals surface area contributed by atoms with Crippen LogP contribution in [0.2, 0.25) is 0 Å². The van der Waals surface area contributed by atoms with Crippen LogP contribution >= 0.6 is 0 Å². The molecule has 6 heteroatoms. The second kappa shape index (κ2) is 7.80. The quantitative estimate of drug-likeness (QED) is 0.467. The predicted molar refractivity (Wildman–Crippen MR) is 101 cm³/mol. The molecule has 0 unspecified atom stereocenters. The van der Waals surface area contributed by atoms with Crippen LogP contribution < -0.4 is 0 Å². The van der Waals surface area contributed by atoms with Gasteiger partial charge in [-0.1, -0.05) is 18.2 Å². The lowest BCUT2D eigenvalue weighted by atomic mass is 10.1. The molecule has 2 heterocycles. The maximum Gasteiger partial charge on any atom is 0.375 e. The average molecular weight is 369 g/mol. The second-order valence-corrected chi connectivity index (χ2v) is 6.48. The van der Waals surface area contributed by atoms with Crippen molar-refractivity contribution in [2.24, 2.45) is 0 Å². The van der Waals surface area contributed by atoms with Crippen molar-refractivity contribution in [3.63, 3.8) is 0 Å². The highest BCUT2D eigenvalue weighted by atomic mass is 16.5. The van der Waals surface area contributed by atoms with Gasteiger partial charge in [-0.2, -0.15) is 0 Å². The molecule has 0 N–H and O–H groups in total. The third-order valence-electron chi connectivity index (χ3n) is 4.76. The average Bonchev–Trinajstić information content (AvgIpc) is 3.15. The van der Waals surface area contributed by atoms with Crippen molar-refractivity contribution >= 4 is 22.7 Å². The first kappa shape index (κ1) is 18.9. The summed E-state index contributed by atoms with van der Waals surface area (Å²) in [5, 5.41) is 0.859. The van der Waals surface area contributed by atoms with Crippen molar-refractivity contribution in [1.29, 1.82) is 0 Å². The Morgan fingerprint density at radius 2 is 1.89 bits per heavy atom. The molecule has 3 rings (SSSR count). The van der Waals surface area contributed by atoms with E-state index >= 15 is 0 Å². The summed E-state index contributed by atoms with van der Waals surface area (Å²) in [6.45, 7) is 6.51. The van der Waals surface area contributed by atoms with Crippen LogP contribution in [0.25, 0.3) is 11.0 Å². The van der Waals surface area contributed by atoms with Gasteiger partial charge in [0.25, 0.3) is 0 Å². The van der Waals surface area contributed by atoms with Crippen molar-refractivity contribution in [2.75, 3.05) is 20.3 Å². The number of carbonyl (C=O) groups excluding carboxylic acids is 2. The Labute approximate surface area is 157 Å². The van der Waals surface area contributed by atoms with Crippen LogP contribution in [-0.4, -0.2) is 36.6 Å². The van der Waals surface area contributed by atoms with Crippen molar-refractivity contribution in [3.8, 4) is 0 Å². The Bertz CT molecular complexity index is 996. The minimum atomic E-state index is -0.634. The Balaban J connectivity index is 1.72. The molecular weight excluding hydrogens is 346 g/mol. The number of ketones is 1. The van der Waals surface area contributed by atoms with Gasteiger partial charge in [0, 0.05) is 41.6 Å². The summed E-state index contributed by atoms with van der Waals surface area (Å²) < 4.78 is 17.9. The molecule has 2 aromatic heterocycles. The number of rotatable bonds is 7. The first-order valence-electron chi connectivity index (χ1n) is 8.78. The van der Waals surface area contributed by atoms with Gasteiger partial charge >= 0.3 is 5.97 Å². The van der Waals surface area contributed by atoms with E-state index in [-0.39, 0.29) is 18.2 Å². The first-order valence-corrected chi connectivity index (χ1v) is 8.78. The number of ether oxygens (including phenoxy) is 2. The standard InChI is InChI=1S/C21H23NO5/c1-13-11-17(15(3)22(13)9-10-25-4)18(23)12-26-21(24)20-14(2)16-7-5-6-8-19(16)27-20/h5-8,11H,9-10,12H2,1-4H3. The predicted octanol–water partition coefficient (Wildman–Crippen LogP) is 3.85. The van der Waals surface area contributed by atoms with Crippen LogP contribution in [0.4, 0.5) is 0 Å². The fraction of sp³-hybridized carbons (Fsp3) is 0.333. The number of fused-ring (bicyclic) bond motifs is 1. The van der Waals surface area contributed by atoms with Crippen molar-refractivity contribution in [3.05, 3.63) is 58.6 Å². The Morgan fingerprint density at radius 3 is 2.59 bits per heavy atom. The van der Waals surface area contributed by atoms with Gasteiger partial charge in [-0.05, 0) is 32.9 Å². The Kier molecular flexibility index (Phi) is 5.46. The summed E-state index contributed by atoms with van der Waals surface area (Å²) in [6.07, 6.45) is 0. The van der Waals surface area contributed by atoms with Crippen molar-refractivity contribution in [2.45, 2.75) is 27.3 Å². The fourth-order valence-electron chi connectivity index (χ4n) is 3.25. The lowest BCUT2D eigenvalue weighted by Crippen LogP contribution is -2.15. The topological polar surface area (TPSA) is 70.7 Å². The number of carbonyl (C=O) groups is 2. The summed E-state index contributed by atoms with van der Waals surface area (Å²) in [7, 11) is 1.64. The number of benzene rings is 1. The van der Waals surface area contributed by atoms with Gasteiger partial charge in [0.05, 0.1) is 6.61 Å². The lowest BCUT2D eigenvalue weighted by Gasteiger charge is -2.09. The van der Waals surface area contributed by atoms with Crippen molar-refractivity contribution < 1.29 is 23.5 Å². The van der Waals surface area contributed by atoms with Gasteiger partial charge in [-0.15, -0.1) is 0 Å². The van der Waals surface area contributed by atoms with E-state index in [1.807, 2.05) is 42.7 Å². The summed E-state index contributed by atoms with van der Waals surface area (Å²) in [5.74, 6) is -0.742. The number of furan rings is 1. The number of para-hydroxylation sites is 1. The monoisotopic (exact) mass is 369 g/mol. The van der Waals surface area contributed by atoms with Gasteiger partial charge in [0.15, 0.2) is 6.61 Å². The minimum Gasteiger partial charge on any atom is -0.451 e. The van der Waals surface area contributed by atoms with Crippen LogP contribution in [0.5, 0.6) is 0 Å². The summed E-state index contributed by atoms with van der Waals surface area (Å²) >= 11 is 0. The molecule has 0 amide bonds. The fourth-order valence-corrected chi connectivity index (χ4v) is 3.25.